The number of aromatic hydroxyl groups is 2. The highest BCUT2D eigenvalue weighted by molar-refractivity contribution is 8.00. The van der Waals surface area contributed by atoms with E-state index in [1.165, 1.54) is 48.5 Å². The predicted octanol–water partition coefficient (Wildman–Crippen LogP) is 2.05. The number of nitrogens with two attached hydrogens (primary N) is 1. The summed E-state index contributed by atoms with van der Waals surface area (Å²) < 4.78 is 0. The highest BCUT2D eigenvalue weighted by Gasteiger charge is 2.41. The van der Waals surface area contributed by atoms with Crippen LogP contribution in [0.3, 0.4) is 0 Å². The molecule has 0 radical (unpaired) electrons. The third kappa shape index (κ3) is 41.8. The van der Waals surface area contributed by atoms with Gasteiger partial charge in [-0.1, -0.05) is 95.1 Å². The quantitative estimate of drug-likeness (QED) is 0.0360. The fraction of sp³-hybridized carbons (Fsp3) is 0.602. The number of amides is 8. The number of carbonyl (C=O) groups is 19. The number of aliphatic hydroxyl groups is 5. The topological polar surface area (TPSA) is 640 Å². The lowest BCUT2D eigenvalue weighted by atomic mass is 9.85. The van der Waals surface area contributed by atoms with Gasteiger partial charge >= 0.3 is 17.9 Å². The summed E-state index contributed by atoms with van der Waals surface area (Å²) in [5.41, 5.74) is 6.77. The number of carbonyl (C=O) groups excluding carboxylic acids is 16. The van der Waals surface area contributed by atoms with Crippen LogP contribution in [0, 0.1) is 53.3 Å². The van der Waals surface area contributed by atoms with Gasteiger partial charge in [-0.15, -0.1) is 11.8 Å². The summed E-state index contributed by atoms with van der Waals surface area (Å²) in [5, 5.41) is 121. The maximum Gasteiger partial charge on any atom is 0.304 e. The SMILES string of the molecule is CC[C@H](C)[C@H](NC(=O)[C@H](CO)CC(=O)[C@H](Cc1ccc(O)cc1)NC(=O)[C@H](CC(=O)O)CC(=O)[C@H](CO)NC(=O)[C@@H](CC(=O)[C@H](Cc1ccccc1)NC(=O)[C@@H](CC(=O)CNC(=O)[C@H](CCC(=O)O)CC(=O)CSCC(=O)CCCN1CC[C@@H](O)CC1=O)[C@@H](C)O)[C@@H](C)O)C(=O)C[C@@H](Cc1ccc(O)cc1)C(=O)N[C@@H](CC(C)C)C(=O)C[C@@H](CC(=O)O)C(=O)N[C@H](C)CCCCN. The van der Waals surface area contributed by atoms with Gasteiger partial charge in [-0.05, 0) is 138 Å². The fourth-order valence-electron chi connectivity index (χ4n) is 15.1. The molecule has 1 saturated heterocycles. The molecule has 3 aromatic rings. The maximum absolute atomic E-state index is 14.9. The summed E-state index contributed by atoms with van der Waals surface area (Å²) in [5.74, 6) is -30.2. The monoisotopic (exact) mass is 1870 g/mol. The number of carboxylic acids is 3. The zero-order valence-corrected chi connectivity index (χ0v) is 76.8. The average molecular weight is 1870 g/mol. The van der Waals surface area contributed by atoms with Gasteiger partial charge in [-0.3, -0.25) is 91.1 Å². The lowest BCUT2D eigenvalue weighted by Crippen LogP contribution is -2.52. The molecule has 0 saturated carbocycles. The molecular weight excluding hydrogens is 1740 g/mol. The van der Waals surface area contributed by atoms with Gasteiger partial charge in [0.25, 0.3) is 0 Å². The number of ketones is 8. The number of unbranched alkanes of at least 4 members (excludes halogenated alkanes) is 1. The maximum atomic E-state index is 14.9. The fourth-order valence-corrected chi connectivity index (χ4v) is 15.9. The van der Waals surface area contributed by atoms with Crippen LogP contribution in [0.25, 0.3) is 0 Å². The highest BCUT2D eigenvalue weighted by Crippen LogP contribution is 2.27. The van der Waals surface area contributed by atoms with Crippen molar-refractivity contribution >= 4 is 123 Å². The Labute approximate surface area is 771 Å². The van der Waals surface area contributed by atoms with Crippen LogP contribution in [0.5, 0.6) is 11.5 Å². The Morgan fingerprint density at radius 1 is 0.462 bits per heavy atom. The van der Waals surface area contributed by atoms with E-state index >= 15 is 0 Å². The summed E-state index contributed by atoms with van der Waals surface area (Å²) >= 11 is 0.976. The second-order valence-corrected chi connectivity index (χ2v) is 35.7. The molecule has 39 heteroatoms. The van der Waals surface area contributed by atoms with Gasteiger partial charge in [0.15, 0.2) is 34.7 Å². The second-order valence-electron chi connectivity index (χ2n) is 34.8. The molecule has 132 heavy (non-hydrogen) atoms. The first-order chi connectivity index (χ1) is 62.3. The molecule has 1 aliphatic rings. The van der Waals surface area contributed by atoms with Crippen molar-refractivity contribution in [2.45, 2.75) is 251 Å². The van der Waals surface area contributed by atoms with Crippen molar-refractivity contribution in [3.05, 3.63) is 95.6 Å². The highest BCUT2D eigenvalue weighted by atomic mass is 32.2. The molecule has 0 spiro atoms. The molecule has 0 unspecified atom stereocenters. The number of nitrogens with one attached hydrogen (secondary N) is 7. The van der Waals surface area contributed by atoms with Crippen molar-refractivity contribution in [3.8, 4) is 11.5 Å². The van der Waals surface area contributed by atoms with Crippen LogP contribution in [0.4, 0.5) is 0 Å². The summed E-state index contributed by atoms with van der Waals surface area (Å²) in [4.78, 5) is 261. The number of nitrogens with zero attached hydrogens (tertiary/aromatic N) is 1. The molecule has 1 aliphatic heterocycles. The predicted molar refractivity (Wildman–Crippen MR) is 480 cm³/mol. The third-order valence-corrected chi connectivity index (χ3v) is 24.1. The first-order valence-corrected chi connectivity index (χ1v) is 45.9. The van der Waals surface area contributed by atoms with Crippen molar-refractivity contribution in [2.75, 3.05) is 50.9 Å². The van der Waals surface area contributed by atoms with Crippen LogP contribution in [-0.4, -0.2) is 273 Å². The van der Waals surface area contributed by atoms with Crippen LogP contribution in [-0.2, 0) is 110 Å². The summed E-state index contributed by atoms with van der Waals surface area (Å²) in [6.07, 6.45) is -9.97. The number of benzene rings is 3. The molecule has 1 fully saturated rings. The number of Topliss-reactive ketones (excluding diaryl/α,β-unsaturated/α-hetero) is 8. The normalized spacial score (nSPS) is 16.3. The zero-order valence-electron chi connectivity index (χ0n) is 76.0. The molecule has 0 bridgehead atoms. The Morgan fingerprint density at radius 2 is 0.939 bits per heavy atom. The number of likely N-dealkylation sites (tertiary alicyclic amines) is 1. The van der Waals surface area contributed by atoms with Crippen molar-refractivity contribution in [2.24, 2.45) is 59.0 Å². The Hall–Kier alpha value is -11.1. The number of phenols is 2. The van der Waals surface area contributed by atoms with Crippen LogP contribution in [0.1, 0.15) is 194 Å². The molecule has 0 aromatic heterocycles. The van der Waals surface area contributed by atoms with E-state index in [-0.39, 0.29) is 97.2 Å². The van der Waals surface area contributed by atoms with Crippen LogP contribution < -0.4 is 43.0 Å². The summed E-state index contributed by atoms with van der Waals surface area (Å²) in [6.45, 7) is 8.83. The van der Waals surface area contributed by atoms with Gasteiger partial charge in [0, 0.05) is 88.8 Å². The number of phenolic OH excluding ortho intramolecular Hbond substituents is 2. The number of hydrogen-bond acceptors (Lipinski definition) is 28. The van der Waals surface area contributed by atoms with E-state index < -0.39 is 286 Å². The molecule has 3 aromatic carbocycles. The minimum atomic E-state index is -1.99. The van der Waals surface area contributed by atoms with Gasteiger partial charge < -0.3 is 98.9 Å². The molecule has 730 valence electrons. The van der Waals surface area contributed by atoms with E-state index in [0.717, 1.165) is 25.6 Å². The molecule has 19 N–H and O–H groups in total. The smallest absolute Gasteiger partial charge is 0.304 e. The lowest BCUT2D eigenvalue weighted by Gasteiger charge is -2.29. The Morgan fingerprint density at radius 3 is 1.46 bits per heavy atom. The number of piperidine rings is 1. The van der Waals surface area contributed by atoms with E-state index in [1.54, 1.807) is 69.9 Å². The number of hydrogen-bond donors (Lipinski definition) is 18. The van der Waals surface area contributed by atoms with Crippen molar-refractivity contribution < 1.29 is 142 Å². The van der Waals surface area contributed by atoms with E-state index in [1.807, 2.05) is 0 Å². The molecular formula is C93H133N9O29S. The standard InChI is InChI=1S/C93H133N9O29S/c1-8-53(4)86(81(117)40-61(34-58-19-24-65(107)25-20-58)89(127)97-73(33-52(2)3)77(113)38-62(42-84(121)122)88(126)96-54(5)15-12-13-30-94)101-91(129)64(48-103)41-78(114)74(36-59-21-26-66(108)27-22-59)98-90(128)63(43-85(123)124)39-79(115)76(49-104)100-93(131)72(56(7)106)46-80(116)75(35-57-16-10-9-11-17-57)99-92(130)71(55(6)105)44-69(111)47-95-87(125)60(23-28-83(119)120)37-70(112)51-132-50-68(110)18-14-31-102-32-29-67(109)45-82(102)118/h9-11,16-17,19-22,24-27,52-56,60-64,67,71-76,86,103-109H,8,12-15,18,23,28-51,94H2,1-7H3,(H,95,125)(H,96,126)(H,97,127)(H,98,128)(H,99,130)(H,100,131)(H,101,129)(H,119,120)(H,121,122)(H,123,124)/t53-,54+,55+,56+,60+,61+,62-,63-,64-,67+,71-,72-,73-,74-,75-,76-,86-/m0/s1. The molecule has 1 heterocycles. The number of aliphatic carboxylic acids is 3. The van der Waals surface area contributed by atoms with Gasteiger partial charge in [0.1, 0.15) is 29.1 Å². The summed E-state index contributed by atoms with van der Waals surface area (Å²) in [7, 11) is 0. The zero-order chi connectivity index (χ0) is 98.6. The van der Waals surface area contributed by atoms with E-state index in [2.05, 4.69) is 37.2 Å². The van der Waals surface area contributed by atoms with Gasteiger partial charge in [-0.2, -0.15) is 0 Å². The molecule has 0 aliphatic carbocycles. The Bertz CT molecular complexity index is 4380. The van der Waals surface area contributed by atoms with Gasteiger partial charge in [0.2, 0.25) is 47.3 Å². The Kier molecular flexibility index (Phi) is 50.4. The van der Waals surface area contributed by atoms with Crippen molar-refractivity contribution in [3.63, 3.8) is 0 Å². The summed E-state index contributed by atoms with van der Waals surface area (Å²) in [6, 6.07) is 10.4. The van der Waals surface area contributed by atoms with E-state index in [4.69, 9.17) is 5.73 Å². The number of carboxylic acid groups (broad SMARTS) is 3. The van der Waals surface area contributed by atoms with Crippen molar-refractivity contribution in [1.29, 1.82) is 0 Å². The van der Waals surface area contributed by atoms with Crippen LogP contribution >= 0.6 is 11.8 Å². The number of thioether (sulfide) groups is 1. The second kappa shape index (κ2) is 58.7. The van der Waals surface area contributed by atoms with Gasteiger partial charge in [-0.25, -0.2) is 0 Å². The average Bonchev–Trinajstić information content (AvgIpc) is 0.838. The Balaban J connectivity index is 1.52. The lowest BCUT2D eigenvalue weighted by molar-refractivity contribution is -0.143. The number of aliphatic hydroxyl groups excluding tert-OH is 5. The largest absolute Gasteiger partial charge is 0.508 e. The van der Waals surface area contributed by atoms with Crippen LogP contribution in [0.15, 0.2) is 78.9 Å². The molecule has 4 rings (SSSR count). The number of rotatable bonds is 67. The minimum absolute atomic E-state index is 0.00266. The van der Waals surface area contributed by atoms with Gasteiger partial charge in [0.05, 0.1) is 123 Å². The molecule has 8 amide bonds. The van der Waals surface area contributed by atoms with E-state index in [0.29, 0.717) is 62.9 Å². The molecule has 38 nitrogen and oxygen atoms in total. The minimum Gasteiger partial charge on any atom is -0.508 e. The van der Waals surface area contributed by atoms with Crippen LogP contribution in [0.2, 0.25) is 0 Å². The van der Waals surface area contributed by atoms with E-state index in [9.17, 15) is 142 Å². The first-order valence-electron chi connectivity index (χ1n) is 44.7. The third-order valence-electron chi connectivity index (χ3n) is 23.1. The molecule has 17 atom stereocenters. The van der Waals surface area contributed by atoms with Crippen molar-refractivity contribution in [1.82, 2.24) is 42.1 Å². The first kappa shape index (κ1) is 113.